The van der Waals surface area contributed by atoms with Gasteiger partial charge in [0.25, 0.3) is 0 Å². The molecular weight excluding hydrogens is 76.6 g/mol. The van der Waals surface area contributed by atoms with Crippen molar-refractivity contribution >= 4 is 46.1 Å². The zero-order valence-electron chi connectivity index (χ0n) is 1.41. The molecule has 0 amide bonds. The minimum Gasteiger partial charge on any atom is -0.344 e. The summed E-state index contributed by atoms with van der Waals surface area (Å²) in [5.41, 5.74) is 0. The van der Waals surface area contributed by atoms with E-state index in [1.807, 2.05) is 0 Å². The summed E-state index contributed by atoms with van der Waals surface area (Å²) in [5, 5.41) is 0. The lowest BCUT2D eigenvalue weighted by molar-refractivity contribution is 2.13. The van der Waals surface area contributed by atoms with Gasteiger partial charge in [-0.1, -0.05) is 0 Å². The third-order valence-electron chi connectivity index (χ3n) is 0. The highest BCUT2D eigenvalue weighted by atomic mass is 24.3. The van der Waals surface area contributed by atoms with Crippen LogP contribution in [0.1, 0.15) is 0 Å². The molecular formula is H10Mg2N2. The van der Waals surface area contributed by atoms with Gasteiger partial charge in [-0.15, -0.1) is 0 Å². The molecule has 0 saturated carbocycles. The van der Waals surface area contributed by atoms with Crippen molar-refractivity contribution in [2.24, 2.45) is 0 Å². The molecule has 0 spiro atoms. The summed E-state index contributed by atoms with van der Waals surface area (Å²) in [7, 11) is 0. The molecule has 0 saturated heterocycles. The van der Waals surface area contributed by atoms with E-state index in [9.17, 15) is 0 Å². The third kappa shape index (κ3) is 9.84. The topological polar surface area (TPSA) is 70.0 Å². The molecule has 24 valence electrons. The minimum atomic E-state index is 0. The SMILES string of the molecule is N.N.[MgH2].[MgH2]. The van der Waals surface area contributed by atoms with Gasteiger partial charge in [0.05, 0.1) is 0 Å². The smallest absolute Gasteiger partial charge is 0.316 e. The Kier molecular flexibility index (Phi) is 322. The Morgan fingerprint density at radius 3 is 0.500 bits per heavy atom. The zero-order chi connectivity index (χ0) is 0. The fraction of sp³-hybridized carbons (Fsp3) is 0. The first kappa shape index (κ1) is 51.2. The highest BCUT2D eigenvalue weighted by molar-refractivity contribution is 5.76. The molecule has 0 fully saturated rings. The van der Waals surface area contributed by atoms with Crippen LogP contribution in [0.3, 0.4) is 0 Å². The van der Waals surface area contributed by atoms with Gasteiger partial charge in [0.2, 0.25) is 0 Å². The first-order chi connectivity index (χ1) is 0. The molecule has 0 aliphatic heterocycles. The summed E-state index contributed by atoms with van der Waals surface area (Å²) in [6, 6.07) is 0. The summed E-state index contributed by atoms with van der Waals surface area (Å²) in [4.78, 5) is 0. The summed E-state index contributed by atoms with van der Waals surface area (Å²) in [6.45, 7) is 0. The molecule has 6 N–H and O–H groups in total. The van der Waals surface area contributed by atoms with Crippen LogP contribution in [0.4, 0.5) is 0 Å². The highest BCUT2D eigenvalue weighted by Gasteiger charge is 0.317. The van der Waals surface area contributed by atoms with E-state index in [1.54, 1.807) is 0 Å². The number of rotatable bonds is 0. The molecule has 4 heavy (non-hydrogen) atoms. The maximum atomic E-state index is 0. The van der Waals surface area contributed by atoms with Crippen LogP contribution in [-0.4, -0.2) is 46.1 Å². The summed E-state index contributed by atoms with van der Waals surface area (Å²) in [6.07, 6.45) is 0. The van der Waals surface area contributed by atoms with Gasteiger partial charge in [0.15, 0.2) is 0 Å². The molecule has 2 nitrogen and oxygen atoms in total. The molecule has 0 heterocycles. The minimum absolute atomic E-state index is 0. The van der Waals surface area contributed by atoms with Crippen molar-refractivity contribution in [1.29, 1.82) is 0 Å². The first-order valence-electron chi connectivity index (χ1n) is 0. The van der Waals surface area contributed by atoms with Crippen molar-refractivity contribution in [3.05, 3.63) is 0 Å². The van der Waals surface area contributed by atoms with Crippen LogP contribution < -0.4 is 12.3 Å². The highest BCUT2D eigenvalue weighted by Crippen LogP contribution is -0.380. The van der Waals surface area contributed by atoms with Crippen molar-refractivity contribution in [1.82, 2.24) is 12.3 Å². The van der Waals surface area contributed by atoms with Crippen LogP contribution in [0.2, 0.25) is 0 Å². The fourth-order valence-electron chi connectivity index (χ4n) is 0. The molecule has 4 heteroatoms. The van der Waals surface area contributed by atoms with E-state index in [-0.39, 0.29) is 58.4 Å². The molecule has 0 unspecified atom stereocenters. The number of hydrogen-bond donors (Lipinski definition) is 2. The van der Waals surface area contributed by atoms with E-state index in [0.717, 1.165) is 0 Å². The van der Waals surface area contributed by atoms with Crippen LogP contribution in [0.25, 0.3) is 0 Å². The molecule has 0 aliphatic rings. The van der Waals surface area contributed by atoms with E-state index in [4.69, 9.17) is 0 Å². The lowest BCUT2D eigenvalue weighted by Gasteiger charge is -0.345. The van der Waals surface area contributed by atoms with Crippen molar-refractivity contribution in [2.45, 2.75) is 0 Å². The Bertz CT molecular complexity index is 4.00. The lowest BCUT2D eigenvalue weighted by Crippen LogP contribution is -0.482. The van der Waals surface area contributed by atoms with E-state index < -0.39 is 0 Å². The van der Waals surface area contributed by atoms with Crippen molar-refractivity contribution in [3.63, 3.8) is 0 Å². The van der Waals surface area contributed by atoms with Crippen LogP contribution in [0.5, 0.6) is 0 Å². The van der Waals surface area contributed by atoms with Crippen molar-refractivity contribution in [3.8, 4) is 0 Å². The first-order valence-corrected chi connectivity index (χ1v) is 0. The van der Waals surface area contributed by atoms with Gasteiger partial charge in [-0.25, -0.2) is 0 Å². The molecule has 0 atom stereocenters. The van der Waals surface area contributed by atoms with E-state index in [1.165, 1.54) is 0 Å². The van der Waals surface area contributed by atoms with Crippen LogP contribution in [-0.2, 0) is 0 Å². The van der Waals surface area contributed by atoms with E-state index >= 15 is 0 Å². The Balaban J connectivity index is 0. The number of hydrogen-bond acceptors (Lipinski definition) is 2. The monoisotopic (exact) mass is 86.1 g/mol. The largest absolute Gasteiger partial charge is 0.344 e. The zero-order valence-corrected chi connectivity index (χ0v) is 1.41. The van der Waals surface area contributed by atoms with Gasteiger partial charge >= 0.3 is 46.1 Å². The Morgan fingerprint density at radius 2 is 0.500 bits per heavy atom. The maximum absolute atomic E-state index is 0. The maximum Gasteiger partial charge on any atom is 0.316 e. The standard InChI is InChI=1S/2Mg.2H3N.4H/h;;2*1H3;;;;. The predicted octanol–water partition coefficient (Wildman–Crippen LogP) is -1.51. The molecule has 0 bridgehead atoms. The van der Waals surface area contributed by atoms with Gasteiger partial charge < -0.3 is 12.3 Å². The van der Waals surface area contributed by atoms with Crippen LogP contribution in [0, 0.1) is 0 Å². The second-order valence-corrected chi connectivity index (χ2v) is 0. The Labute approximate surface area is 58.2 Å². The summed E-state index contributed by atoms with van der Waals surface area (Å²) >= 11 is 0. The second kappa shape index (κ2) is 25.2. The summed E-state index contributed by atoms with van der Waals surface area (Å²) in [5.74, 6) is 0. The van der Waals surface area contributed by atoms with Gasteiger partial charge in [0.1, 0.15) is 0 Å². The quantitative estimate of drug-likeness (QED) is 0.352. The van der Waals surface area contributed by atoms with Gasteiger partial charge in [0, 0.05) is 0 Å². The molecule has 0 rings (SSSR count). The van der Waals surface area contributed by atoms with Crippen LogP contribution in [0.15, 0.2) is 0 Å². The second-order valence-electron chi connectivity index (χ2n) is 0. The third-order valence-corrected chi connectivity index (χ3v) is 0. The van der Waals surface area contributed by atoms with Crippen molar-refractivity contribution < 1.29 is 0 Å². The Morgan fingerprint density at radius 1 is 0.500 bits per heavy atom. The molecule has 0 aromatic carbocycles. The molecule has 0 radical (unpaired) electrons. The lowest BCUT2D eigenvalue weighted by atomic mass is 14.0. The van der Waals surface area contributed by atoms with Gasteiger partial charge in [-0.05, 0) is 0 Å². The summed E-state index contributed by atoms with van der Waals surface area (Å²) < 4.78 is 0. The van der Waals surface area contributed by atoms with Crippen LogP contribution >= 0.6 is 0 Å². The van der Waals surface area contributed by atoms with Gasteiger partial charge in [-0.3, -0.25) is 0 Å². The Hall–Kier alpha value is 1.45. The normalized spacial score (nSPS) is 0. The van der Waals surface area contributed by atoms with E-state index in [0.29, 0.717) is 0 Å². The van der Waals surface area contributed by atoms with Gasteiger partial charge in [-0.2, -0.15) is 0 Å². The average molecular weight is 86.7 g/mol. The van der Waals surface area contributed by atoms with Crippen molar-refractivity contribution in [2.75, 3.05) is 0 Å². The molecule has 0 aromatic rings. The fourth-order valence-corrected chi connectivity index (χ4v) is 0. The van der Waals surface area contributed by atoms with E-state index in [2.05, 4.69) is 0 Å². The molecule has 0 aliphatic carbocycles. The predicted molar refractivity (Wildman–Crippen MR) is 27.1 cm³/mol. The molecule has 0 aromatic heterocycles. The average Bonchev–Trinajstić information content (AvgIpc) is 0.